The van der Waals surface area contributed by atoms with Crippen molar-refractivity contribution in [2.24, 2.45) is 0 Å². The number of hydrogen-bond acceptors (Lipinski definition) is 5. The zero-order valence-electron chi connectivity index (χ0n) is 11.9. The molecule has 0 fully saturated rings. The summed E-state index contributed by atoms with van der Waals surface area (Å²) < 4.78 is 19.2. The minimum absolute atomic E-state index is 0.112. The Morgan fingerprint density at radius 3 is 2.81 bits per heavy atom. The van der Waals surface area contributed by atoms with Crippen molar-refractivity contribution in [1.29, 1.82) is 5.26 Å². The van der Waals surface area contributed by atoms with Gasteiger partial charge in [-0.25, -0.2) is 9.37 Å². The highest BCUT2D eigenvalue weighted by atomic mass is 19.1. The first-order chi connectivity index (χ1) is 10.1. The van der Waals surface area contributed by atoms with Crippen LogP contribution in [0.4, 0.5) is 10.2 Å². The molecule has 0 radical (unpaired) electrons. The molecule has 5 nitrogen and oxygen atoms in total. The minimum Gasteiger partial charge on any atom is -0.437 e. The lowest BCUT2D eigenvalue weighted by atomic mass is 10.2. The number of rotatable bonds is 4. The number of aryl methyl sites for hydroxylation is 1. The van der Waals surface area contributed by atoms with E-state index in [1.54, 1.807) is 13.0 Å². The van der Waals surface area contributed by atoms with Gasteiger partial charge in [0.05, 0.1) is 5.56 Å². The fourth-order valence-corrected chi connectivity index (χ4v) is 1.80. The third-order valence-corrected chi connectivity index (χ3v) is 2.95. The van der Waals surface area contributed by atoms with E-state index in [-0.39, 0.29) is 17.2 Å². The second-order valence-electron chi connectivity index (χ2n) is 4.53. The highest BCUT2D eigenvalue weighted by molar-refractivity contribution is 5.49. The van der Waals surface area contributed by atoms with Gasteiger partial charge < -0.3 is 10.5 Å². The molecule has 0 aliphatic rings. The van der Waals surface area contributed by atoms with E-state index in [1.807, 2.05) is 6.92 Å². The third kappa shape index (κ3) is 3.08. The molecule has 0 unspecified atom stereocenters. The number of halogens is 1. The van der Waals surface area contributed by atoms with Gasteiger partial charge in [0.2, 0.25) is 5.88 Å². The lowest BCUT2D eigenvalue weighted by Gasteiger charge is -2.12. The molecule has 0 bridgehead atoms. The molecule has 0 saturated carbocycles. The van der Waals surface area contributed by atoms with E-state index in [9.17, 15) is 4.39 Å². The Labute approximate surface area is 122 Å². The van der Waals surface area contributed by atoms with Gasteiger partial charge in [-0.1, -0.05) is 13.0 Å². The summed E-state index contributed by atoms with van der Waals surface area (Å²) in [5, 5.41) is 9.01. The summed E-state index contributed by atoms with van der Waals surface area (Å²) in [5.74, 6) is 0.599. The second-order valence-corrected chi connectivity index (χ2v) is 4.53. The van der Waals surface area contributed by atoms with Gasteiger partial charge in [-0.05, 0) is 25.5 Å². The van der Waals surface area contributed by atoms with E-state index in [1.165, 1.54) is 18.2 Å². The average Bonchev–Trinajstić information content (AvgIpc) is 2.45. The first kappa shape index (κ1) is 14.7. The summed E-state index contributed by atoms with van der Waals surface area (Å²) in [6.45, 7) is 3.71. The fourth-order valence-electron chi connectivity index (χ4n) is 1.80. The van der Waals surface area contributed by atoms with Crippen LogP contribution in [0.25, 0.3) is 0 Å². The van der Waals surface area contributed by atoms with Gasteiger partial charge >= 0.3 is 0 Å². The molecule has 0 aliphatic carbocycles. The van der Waals surface area contributed by atoms with Crippen LogP contribution in [-0.2, 0) is 6.42 Å². The quantitative estimate of drug-likeness (QED) is 0.933. The smallest absolute Gasteiger partial charge is 0.227 e. The van der Waals surface area contributed by atoms with Crippen molar-refractivity contribution >= 4 is 5.82 Å². The number of nitrogen functional groups attached to an aromatic ring is 1. The molecule has 2 aromatic rings. The van der Waals surface area contributed by atoms with Crippen molar-refractivity contribution in [3.8, 4) is 17.7 Å². The largest absolute Gasteiger partial charge is 0.437 e. The van der Waals surface area contributed by atoms with Crippen LogP contribution in [0.5, 0.6) is 11.6 Å². The van der Waals surface area contributed by atoms with Crippen molar-refractivity contribution < 1.29 is 9.13 Å². The molecular formula is C15H15FN4O. The Bertz CT molecular complexity index is 710. The normalized spacial score (nSPS) is 10.2. The number of hydrogen-bond donors (Lipinski definition) is 1. The summed E-state index contributed by atoms with van der Waals surface area (Å²) in [7, 11) is 0. The molecule has 0 aliphatic heterocycles. The fraction of sp³-hybridized carbons (Fsp3) is 0.267. The predicted molar refractivity (Wildman–Crippen MR) is 76.4 cm³/mol. The Balaban J connectivity index is 2.45. The SMILES string of the molecule is CCCc1nc(N)c(C)c(Oc2cccc(F)c2C#N)n1. The number of nitrogens with zero attached hydrogens (tertiary/aromatic N) is 3. The van der Waals surface area contributed by atoms with Gasteiger partial charge in [0.1, 0.15) is 34.8 Å². The van der Waals surface area contributed by atoms with E-state index in [4.69, 9.17) is 15.7 Å². The van der Waals surface area contributed by atoms with Crippen LogP contribution in [0.3, 0.4) is 0 Å². The van der Waals surface area contributed by atoms with E-state index in [0.717, 1.165) is 6.42 Å². The molecule has 0 spiro atoms. The van der Waals surface area contributed by atoms with Crippen molar-refractivity contribution in [3.05, 3.63) is 41.0 Å². The topological polar surface area (TPSA) is 84.8 Å². The lowest BCUT2D eigenvalue weighted by molar-refractivity contribution is 0.448. The summed E-state index contributed by atoms with van der Waals surface area (Å²) in [6, 6.07) is 5.97. The Hall–Kier alpha value is -2.68. The van der Waals surface area contributed by atoms with E-state index in [2.05, 4.69) is 9.97 Å². The summed E-state index contributed by atoms with van der Waals surface area (Å²) >= 11 is 0. The molecule has 1 heterocycles. The number of nitriles is 1. The number of aromatic nitrogens is 2. The number of ether oxygens (including phenoxy) is 1. The minimum atomic E-state index is -0.636. The summed E-state index contributed by atoms with van der Waals surface area (Å²) in [4.78, 5) is 8.45. The zero-order chi connectivity index (χ0) is 15.4. The Kier molecular flexibility index (Phi) is 4.33. The van der Waals surface area contributed by atoms with Crippen molar-refractivity contribution in [1.82, 2.24) is 9.97 Å². The number of anilines is 1. The zero-order valence-corrected chi connectivity index (χ0v) is 11.9. The maximum atomic E-state index is 13.6. The van der Waals surface area contributed by atoms with Crippen LogP contribution in [-0.4, -0.2) is 9.97 Å². The standard InChI is InChI=1S/C15H15FN4O/c1-3-5-13-19-14(18)9(2)15(20-13)21-12-7-4-6-11(16)10(12)8-17/h4,6-7H,3,5H2,1-2H3,(H2,18,19,20). The number of nitrogens with two attached hydrogens (primary N) is 1. The van der Waals surface area contributed by atoms with Gasteiger partial charge in [0.25, 0.3) is 0 Å². The third-order valence-electron chi connectivity index (χ3n) is 2.95. The van der Waals surface area contributed by atoms with Crippen LogP contribution in [0.1, 0.15) is 30.3 Å². The molecule has 0 saturated heterocycles. The highest BCUT2D eigenvalue weighted by Crippen LogP contribution is 2.29. The molecule has 1 aromatic carbocycles. The molecular weight excluding hydrogens is 271 g/mol. The molecule has 108 valence electrons. The van der Waals surface area contributed by atoms with E-state index < -0.39 is 5.82 Å². The van der Waals surface area contributed by atoms with Crippen LogP contribution >= 0.6 is 0 Å². The van der Waals surface area contributed by atoms with Crippen LogP contribution in [0, 0.1) is 24.1 Å². The van der Waals surface area contributed by atoms with Crippen LogP contribution in [0.2, 0.25) is 0 Å². The van der Waals surface area contributed by atoms with Gasteiger partial charge in [0, 0.05) is 6.42 Å². The highest BCUT2D eigenvalue weighted by Gasteiger charge is 2.14. The molecule has 1 aromatic heterocycles. The molecule has 2 rings (SSSR count). The van der Waals surface area contributed by atoms with E-state index >= 15 is 0 Å². The lowest BCUT2D eigenvalue weighted by Crippen LogP contribution is -2.05. The average molecular weight is 286 g/mol. The monoisotopic (exact) mass is 286 g/mol. The van der Waals surface area contributed by atoms with Crippen molar-refractivity contribution in [2.45, 2.75) is 26.7 Å². The van der Waals surface area contributed by atoms with Crippen LogP contribution in [0.15, 0.2) is 18.2 Å². The molecule has 21 heavy (non-hydrogen) atoms. The summed E-state index contributed by atoms with van der Waals surface area (Å²) in [6.07, 6.45) is 1.53. The van der Waals surface area contributed by atoms with Crippen molar-refractivity contribution in [2.75, 3.05) is 5.73 Å². The van der Waals surface area contributed by atoms with Crippen molar-refractivity contribution in [3.63, 3.8) is 0 Å². The number of benzene rings is 1. The molecule has 0 atom stereocenters. The molecule has 6 heteroatoms. The van der Waals surface area contributed by atoms with Gasteiger partial charge in [-0.15, -0.1) is 0 Å². The second kappa shape index (κ2) is 6.18. The molecule has 0 amide bonds. The Morgan fingerprint density at radius 2 is 2.14 bits per heavy atom. The van der Waals surface area contributed by atoms with E-state index in [0.29, 0.717) is 23.6 Å². The first-order valence-corrected chi connectivity index (χ1v) is 6.56. The van der Waals surface area contributed by atoms with Gasteiger partial charge in [-0.2, -0.15) is 10.2 Å². The predicted octanol–water partition coefficient (Wildman–Crippen LogP) is 3.12. The van der Waals surface area contributed by atoms with Gasteiger partial charge in [-0.3, -0.25) is 0 Å². The maximum Gasteiger partial charge on any atom is 0.227 e. The Morgan fingerprint density at radius 1 is 1.38 bits per heavy atom. The maximum absolute atomic E-state index is 13.6. The summed E-state index contributed by atoms with van der Waals surface area (Å²) in [5.41, 5.74) is 6.23. The van der Waals surface area contributed by atoms with Crippen LogP contribution < -0.4 is 10.5 Å². The molecule has 2 N–H and O–H groups in total. The first-order valence-electron chi connectivity index (χ1n) is 6.56. The van der Waals surface area contributed by atoms with Gasteiger partial charge in [0.15, 0.2) is 0 Å².